The van der Waals surface area contributed by atoms with Gasteiger partial charge < -0.3 is 8.92 Å². The highest BCUT2D eigenvalue weighted by atomic mass is 32.2. The number of halogens is 6. The number of hydrogen-bond acceptors (Lipinski definition) is 8. The van der Waals surface area contributed by atoms with Crippen molar-refractivity contribution in [3.8, 4) is 23.6 Å². The number of benzene rings is 2. The molecule has 0 aliphatic carbocycles. The van der Waals surface area contributed by atoms with Gasteiger partial charge in [0.25, 0.3) is 9.84 Å². The zero-order valence-electron chi connectivity index (χ0n) is 14.4. The second kappa shape index (κ2) is 7.78. The topological polar surface area (TPSA) is 134 Å². The van der Waals surface area contributed by atoms with Gasteiger partial charge in [0.1, 0.15) is 29.0 Å². The normalized spacial score (nSPS) is 12.8. The van der Waals surface area contributed by atoms with Crippen LogP contribution in [-0.2, 0) is 20.0 Å². The summed E-state index contributed by atoms with van der Waals surface area (Å²) in [5.41, 5.74) is -13.8. The molecule has 0 saturated carbocycles. The number of sulfone groups is 1. The Kier molecular flexibility index (Phi) is 6.04. The minimum Gasteiger partial charge on any atom is -0.475 e. The van der Waals surface area contributed by atoms with Crippen LogP contribution in [0.3, 0.4) is 0 Å². The van der Waals surface area contributed by atoms with Gasteiger partial charge in [0.05, 0.1) is 0 Å². The molecule has 166 valence electrons. The van der Waals surface area contributed by atoms with Crippen molar-refractivity contribution >= 4 is 30.7 Å². The van der Waals surface area contributed by atoms with Crippen LogP contribution in [0.2, 0.25) is 0 Å². The van der Waals surface area contributed by atoms with Gasteiger partial charge >= 0.3 is 21.1 Å². The van der Waals surface area contributed by atoms with Crippen LogP contribution in [-0.4, -0.2) is 33.8 Å². The molecule has 2 rings (SSSR count). The fourth-order valence-electron chi connectivity index (χ4n) is 2.19. The first kappa shape index (κ1) is 24.0. The summed E-state index contributed by atoms with van der Waals surface area (Å²) in [5, 5.41) is 17.5. The molecule has 0 bridgehead atoms. The highest BCUT2D eigenvalue weighted by molar-refractivity contribution is 7.92. The van der Waals surface area contributed by atoms with Crippen molar-refractivity contribution < 1.29 is 52.1 Å². The van der Waals surface area contributed by atoms with Crippen LogP contribution >= 0.6 is 0 Å². The van der Waals surface area contributed by atoms with Crippen LogP contribution in [0.25, 0.3) is 10.8 Å². The van der Waals surface area contributed by atoms with E-state index in [-0.39, 0.29) is 0 Å². The second-order valence-electron chi connectivity index (χ2n) is 5.48. The lowest BCUT2D eigenvalue weighted by molar-refractivity contribution is -0.0500. The van der Waals surface area contributed by atoms with E-state index in [0.29, 0.717) is 0 Å². The van der Waals surface area contributed by atoms with E-state index in [1.54, 1.807) is 0 Å². The Morgan fingerprint density at radius 3 is 1.68 bits per heavy atom. The van der Waals surface area contributed by atoms with Gasteiger partial charge in [0.15, 0.2) is 11.7 Å². The molecular formula is C15H6F6N2O6S2. The number of hydrogen-bond donors (Lipinski definition) is 0. The van der Waals surface area contributed by atoms with E-state index in [0.717, 1.165) is 18.2 Å². The first-order valence-electron chi connectivity index (χ1n) is 7.39. The lowest BCUT2D eigenvalue weighted by Gasteiger charge is -2.17. The monoisotopic (exact) mass is 488 g/mol. The van der Waals surface area contributed by atoms with Gasteiger partial charge in [-0.2, -0.15) is 45.3 Å². The van der Waals surface area contributed by atoms with E-state index in [4.69, 9.17) is 0 Å². The third-order valence-electron chi connectivity index (χ3n) is 3.53. The average molecular weight is 488 g/mol. The quantitative estimate of drug-likeness (QED) is 0.356. The van der Waals surface area contributed by atoms with Crippen LogP contribution in [0.4, 0.5) is 26.3 Å². The van der Waals surface area contributed by atoms with E-state index in [2.05, 4.69) is 8.92 Å². The molecule has 31 heavy (non-hydrogen) atoms. The summed E-state index contributed by atoms with van der Waals surface area (Å²) >= 11 is 0. The molecule has 0 unspecified atom stereocenters. The number of fused-ring (bicyclic) bond motifs is 1. The standard InChI is InChI=1S/C15H6F6N2O6S2/c16-14(17,18)30(24,25)7-28-12-8-3-1-2-4-9(8)13(11(6-23)10(12)5-22)29-31(26,27)15(19,20)21/h1-4H,7H2. The Morgan fingerprint density at radius 2 is 1.26 bits per heavy atom. The van der Waals surface area contributed by atoms with Gasteiger partial charge in [-0.3, -0.25) is 0 Å². The number of rotatable bonds is 5. The molecule has 0 saturated heterocycles. The van der Waals surface area contributed by atoms with E-state index < -0.39 is 70.3 Å². The highest BCUT2D eigenvalue weighted by Crippen LogP contribution is 2.42. The second-order valence-corrected chi connectivity index (χ2v) is 8.95. The van der Waals surface area contributed by atoms with Crippen molar-refractivity contribution in [3.05, 3.63) is 35.4 Å². The molecule has 0 amide bonds. The smallest absolute Gasteiger partial charge is 0.475 e. The van der Waals surface area contributed by atoms with E-state index in [1.165, 1.54) is 18.2 Å². The van der Waals surface area contributed by atoms with Gasteiger partial charge in [-0.1, -0.05) is 24.3 Å². The molecule has 0 radical (unpaired) electrons. The maximum absolute atomic E-state index is 12.7. The van der Waals surface area contributed by atoms with Crippen LogP contribution in [0, 0.1) is 22.7 Å². The first-order valence-corrected chi connectivity index (χ1v) is 10.4. The molecule has 16 heteroatoms. The Bertz CT molecular complexity index is 1340. The van der Waals surface area contributed by atoms with Crippen molar-refractivity contribution in [2.24, 2.45) is 0 Å². The predicted octanol–water partition coefficient (Wildman–Crippen LogP) is 3.08. The van der Waals surface area contributed by atoms with Crippen molar-refractivity contribution in [1.82, 2.24) is 0 Å². The Hall–Kier alpha value is -3.24. The fraction of sp³-hybridized carbons (Fsp3) is 0.200. The number of ether oxygens (including phenoxy) is 1. The van der Waals surface area contributed by atoms with Crippen molar-refractivity contribution in [1.29, 1.82) is 10.5 Å². The molecule has 2 aromatic rings. The van der Waals surface area contributed by atoms with Crippen LogP contribution in [0.15, 0.2) is 24.3 Å². The number of nitriles is 2. The lowest BCUT2D eigenvalue weighted by atomic mass is 9.99. The predicted molar refractivity (Wildman–Crippen MR) is 89.5 cm³/mol. The summed E-state index contributed by atoms with van der Waals surface area (Å²) in [6.07, 6.45) is 0. The summed E-state index contributed by atoms with van der Waals surface area (Å²) in [4.78, 5) is 0. The molecule has 0 atom stereocenters. The van der Waals surface area contributed by atoms with Gasteiger partial charge in [0, 0.05) is 10.8 Å². The Labute approximate surface area is 169 Å². The molecule has 0 heterocycles. The van der Waals surface area contributed by atoms with E-state index >= 15 is 0 Å². The van der Waals surface area contributed by atoms with Gasteiger partial charge in [-0.25, -0.2) is 8.42 Å². The Morgan fingerprint density at radius 1 is 0.806 bits per heavy atom. The first-order chi connectivity index (χ1) is 14.1. The molecule has 0 fully saturated rings. The lowest BCUT2D eigenvalue weighted by Crippen LogP contribution is -2.29. The van der Waals surface area contributed by atoms with Crippen LogP contribution in [0.1, 0.15) is 11.1 Å². The van der Waals surface area contributed by atoms with Gasteiger partial charge in [0.2, 0.25) is 0 Å². The molecule has 0 spiro atoms. The summed E-state index contributed by atoms with van der Waals surface area (Å²) in [6, 6.07) is 6.69. The molecular weight excluding hydrogens is 482 g/mol. The molecule has 0 N–H and O–H groups in total. The SMILES string of the molecule is N#Cc1c(C#N)c(OS(=O)(=O)C(F)(F)F)c2ccccc2c1OCS(=O)(=O)C(F)(F)F. The molecule has 0 aliphatic heterocycles. The van der Waals surface area contributed by atoms with E-state index in [9.17, 15) is 53.7 Å². The zero-order chi connectivity index (χ0) is 23.8. The summed E-state index contributed by atoms with van der Waals surface area (Å²) in [6.45, 7) is 0. The van der Waals surface area contributed by atoms with Crippen LogP contribution < -0.4 is 8.92 Å². The summed E-state index contributed by atoms with van der Waals surface area (Å²) in [7, 11) is -12.2. The molecule has 0 aliphatic rings. The third-order valence-corrected chi connectivity index (χ3v) is 5.62. The third kappa shape index (κ3) is 4.44. The molecule has 0 aromatic heterocycles. The number of alkyl halides is 6. The van der Waals surface area contributed by atoms with Gasteiger partial charge in [-0.15, -0.1) is 0 Å². The average Bonchev–Trinajstić information content (AvgIpc) is 2.64. The minimum atomic E-state index is -6.31. The summed E-state index contributed by atoms with van der Waals surface area (Å²) < 4.78 is 130. The number of nitrogens with zero attached hydrogens (tertiary/aromatic N) is 2. The Balaban J connectivity index is 2.82. The van der Waals surface area contributed by atoms with Gasteiger partial charge in [-0.05, 0) is 0 Å². The maximum atomic E-state index is 12.7. The van der Waals surface area contributed by atoms with Crippen molar-refractivity contribution in [2.45, 2.75) is 11.0 Å². The molecule has 8 nitrogen and oxygen atoms in total. The van der Waals surface area contributed by atoms with E-state index in [1.807, 2.05) is 0 Å². The van der Waals surface area contributed by atoms with Crippen LogP contribution in [0.5, 0.6) is 11.5 Å². The minimum absolute atomic E-state index is 0.484. The van der Waals surface area contributed by atoms with Crippen molar-refractivity contribution in [3.63, 3.8) is 0 Å². The highest BCUT2D eigenvalue weighted by Gasteiger charge is 2.49. The molecule has 2 aromatic carbocycles. The van der Waals surface area contributed by atoms with Crippen molar-refractivity contribution in [2.75, 3.05) is 5.94 Å². The fourth-order valence-corrected chi connectivity index (χ4v) is 3.08. The maximum Gasteiger partial charge on any atom is 0.534 e. The largest absolute Gasteiger partial charge is 0.534 e. The summed E-state index contributed by atoms with van der Waals surface area (Å²) in [5.74, 6) is -4.17. The zero-order valence-corrected chi connectivity index (χ0v) is 16.1.